The number of aldehydes is 1. The van der Waals surface area contributed by atoms with Crippen molar-refractivity contribution in [3.63, 3.8) is 0 Å². The lowest BCUT2D eigenvalue weighted by molar-refractivity contribution is -0.105. The molecule has 0 unspecified atom stereocenters. The van der Waals surface area contributed by atoms with E-state index in [1.54, 1.807) is 0 Å². The van der Waals surface area contributed by atoms with Gasteiger partial charge in [-0.05, 0) is 41.7 Å². The molecule has 15 heavy (non-hydrogen) atoms. The Kier molecular flexibility index (Phi) is 4.28. The van der Waals surface area contributed by atoms with Crippen molar-refractivity contribution in [2.45, 2.75) is 20.8 Å². The zero-order valence-electron chi connectivity index (χ0n) is 9.25. The van der Waals surface area contributed by atoms with Crippen LogP contribution in [0.2, 0.25) is 0 Å². The lowest BCUT2D eigenvalue weighted by Crippen LogP contribution is -1.94. The Morgan fingerprint density at radius 3 is 2.53 bits per heavy atom. The van der Waals surface area contributed by atoms with Gasteiger partial charge in [0.25, 0.3) is 0 Å². The molecule has 0 aliphatic heterocycles. The highest BCUT2D eigenvalue weighted by atomic mass is 79.9. The molecule has 1 aromatic carbocycles. The van der Waals surface area contributed by atoms with Crippen LogP contribution in [0, 0.1) is 12.8 Å². The van der Waals surface area contributed by atoms with Gasteiger partial charge in [0.15, 0.2) is 0 Å². The van der Waals surface area contributed by atoms with Crippen molar-refractivity contribution in [1.82, 2.24) is 0 Å². The molecule has 0 heterocycles. The Labute approximate surface area is 99.3 Å². The second-order valence-corrected chi connectivity index (χ2v) is 4.78. The normalized spacial score (nSPS) is 11.9. The third-order valence-corrected chi connectivity index (χ3v) is 3.19. The van der Waals surface area contributed by atoms with E-state index >= 15 is 0 Å². The highest BCUT2D eigenvalue weighted by Crippen LogP contribution is 2.20. The maximum atomic E-state index is 10.8. The van der Waals surface area contributed by atoms with E-state index in [0.29, 0.717) is 0 Å². The van der Waals surface area contributed by atoms with Gasteiger partial charge >= 0.3 is 0 Å². The van der Waals surface area contributed by atoms with E-state index in [1.807, 2.05) is 45.0 Å². The van der Waals surface area contributed by atoms with Crippen LogP contribution in [-0.2, 0) is 4.79 Å². The van der Waals surface area contributed by atoms with Crippen LogP contribution in [0.3, 0.4) is 0 Å². The predicted molar refractivity (Wildman–Crippen MR) is 67.8 cm³/mol. The zero-order valence-corrected chi connectivity index (χ0v) is 10.8. The molecule has 1 nitrogen and oxygen atoms in total. The predicted octanol–water partition coefficient (Wildman–Crippen LogP) is 4.00. The summed E-state index contributed by atoms with van der Waals surface area (Å²) in [6, 6.07) is 6.09. The minimum Gasteiger partial charge on any atom is -0.298 e. The number of allylic oxidation sites excluding steroid dienone is 1. The first-order valence-corrected chi connectivity index (χ1v) is 5.77. The quantitative estimate of drug-likeness (QED) is 0.597. The molecule has 80 valence electrons. The molecule has 0 amide bonds. The lowest BCUT2D eigenvalue weighted by Gasteiger charge is -2.04. The van der Waals surface area contributed by atoms with Crippen molar-refractivity contribution < 1.29 is 4.79 Å². The van der Waals surface area contributed by atoms with Crippen molar-refractivity contribution in [3.05, 3.63) is 39.4 Å². The average Bonchev–Trinajstić information content (AvgIpc) is 2.19. The van der Waals surface area contributed by atoms with E-state index in [9.17, 15) is 4.79 Å². The van der Waals surface area contributed by atoms with Gasteiger partial charge in [0, 0.05) is 4.47 Å². The van der Waals surface area contributed by atoms with Crippen LogP contribution in [0.4, 0.5) is 0 Å². The smallest absolute Gasteiger partial charge is 0.146 e. The Morgan fingerprint density at radius 2 is 2.07 bits per heavy atom. The molecular weight excluding hydrogens is 252 g/mol. The van der Waals surface area contributed by atoms with E-state index < -0.39 is 0 Å². The Balaban J connectivity index is 3.07. The summed E-state index contributed by atoms with van der Waals surface area (Å²) >= 11 is 3.48. The summed E-state index contributed by atoms with van der Waals surface area (Å²) in [6.07, 6.45) is 2.86. The second-order valence-electron chi connectivity index (χ2n) is 3.93. The minimum absolute atomic E-state index is 0.266. The second kappa shape index (κ2) is 5.26. The molecule has 0 fully saturated rings. The Hall–Kier alpha value is -0.890. The van der Waals surface area contributed by atoms with Crippen molar-refractivity contribution in [2.75, 3.05) is 0 Å². The van der Waals surface area contributed by atoms with Gasteiger partial charge in [-0.15, -0.1) is 0 Å². The maximum Gasteiger partial charge on any atom is 0.146 e. The van der Waals surface area contributed by atoms with Crippen LogP contribution in [0.1, 0.15) is 25.0 Å². The van der Waals surface area contributed by atoms with Crippen LogP contribution in [-0.4, -0.2) is 6.29 Å². The fourth-order valence-electron chi connectivity index (χ4n) is 1.23. The summed E-state index contributed by atoms with van der Waals surface area (Å²) in [4.78, 5) is 10.8. The molecule has 0 saturated heterocycles. The highest BCUT2D eigenvalue weighted by Gasteiger charge is 2.02. The first-order chi connectivity index (χ1) is 7.04. The highest BCUT2D eigenvalue weighted by molar-refractivity contribution is 9.10. The molecule has 0 radical (unpaired) electrons. The molecule has 0 spiro atoms. The van der Waals surface area contributed by atoms with Gasteiger partial charge in [-0.1, -0.05) is 41.9 Å². The first kappa shape index (κ1) is 12.2. The third kappa shape index (κ3) is 3.31. The molecule has 1 aromatic rings. The largest absolute Gasteiger partial charge is 0.298 e. The van der Waals surface area contributed by atoms with Crippen molar-refractivity contribution in [3.8, 4) is 0 Å². The monoisotopic (exact) mass is 266 g/mol. The van der Waals surface area contributed by atoms with Crippen LogP contribution >= 0.6 is 15.9 Å². The fraction of sp³-hybridized carbons (Fsp3) is 0.308. The lowest BCUT2D eigenvalue weighted by atomic mass is 10.0. The summed E-state index contributed by atoms with van der Waals surface area (Å²) in [5.41, 5.74) is 3.08. The van der Waals surface area contributed by atoms with Gasteiger partial charge in [0.1, 0.15) is 6.29 Å². The van der Waals surface area contributed by atoms with Gasteiger partial charge in [-0.25, -0.2) is 0 Å². The zero-order chi connectivity index (χ0) is 11.4. The topological polar surface area (TPSA) is 17.1 Å². The van der Waals surface area contributed by atoms with Crippen LogP contribution in [0.15, 0.2) is 28.2 Å². The van der Waals surface area contributed by atoms with Gasteiger partial charge in [0.2, 0.25) is 0 Å². The molecule has 0 aliphatic carbocycles. The molecule has 0 atom stereocenters. The maximum absolute atomic E-state index is 10.8. The summed E-state index contributed by atoms with van der Waals surface area (Å²) in [7, 11) is 0. The number of halogens is 1. The van der Waals surface area contributed by atoms with E-state index in [2.05, 4.69) is 15.9 Å². The van der Waals surface area contributed by atoms with E-state index in [-0.39, 0.29) is 5.92 Å². The first-order valence-electron chi connectivity index (χ1n) is 4.97. The summed E-state index contributed by atoms with van der Waals surface area (Å²) in [5, 5.41) is 0. The van der Waals surface area contributed by atoms with Gasteiger partial charge in [-0.3, -0.25) is 4.79 Å². The van der Waals surface area contributed by atoms with Crippen LogP contribution in [0.25, 0.3) is 6.08 Å². The van der Waals surface area contributed by atoms with E-state index in [1.165, 1.54) is 5.56 Å². The molecule has 0 aliphatic rings. The molecule has 2 heteroatoms. The van der Waals surface area contributed by atoms with Crippen molar-refractivity contribution >= 4 is 28.3 Å². The summed E-state index contributed by atoms with van der Waals surface area (Å²) < 4.78 is 1.07. The summed E-state index contributed by atoms with van der Waals surface area (Å²) in [5.74, 6) is 0.266. The number of aryl methyl sites for hydroxylation is 1. The number of benzene rings is 1. The molecule has 0 bridgehead atoms. The fourth-order valence-corrected chi connectivity index (χ4v) is 1.62. The van der Waals surface area contributed by atoms with Crippen molar-refractivity contribution in [1.29, 1.82) is 0 Å². The van der Waals surface area contributed by atoms with Crippen LogP contribution in [0.5, 0.6) is 0 Å². The standard InChI is InChI=1S/C13H15BrO/c1-9(2)12(8-15)6-11-5-4-10(3)13(14)7-11/h4-9H,1-3H3/b12-6+. The number of carbonyl (C=O) groups is 1. The number of hydrogen-bond acceptors (Lipinski definition) is 1. The molecule has 0 saturated carbocycles. The minimum atomic E-state index is 0.266. The molecule has 1 rings (SSSR count). The molecule has 0 N–H and O–H groups in total. The molecular formula is C13H15BrO. The number of carbonyl (C=O) groups excluding carboxylic acids is 1. The number of hydrogen-bond donors (Lipinski definition) is 0. The number of rotatable bonds is 3. The van der Waals surface area contributed by atoms with E-state index in [0.717, 1.165) is 21.9 Å². The molecule has 0 aromatic heterocycles. The Morgan fingerprint density at radius 1 is 1.40 bits per heavy atom. The van der Waals surface area contributed by atoms with E-state index in [4.69, 9.17) is 0 Å². The van der Waals surface area contributed by atoms with Gasteiger partial charge < -0.3 is 0 Å². The summed E-state index contributed by atoms with van der Waals surface area (Å²) in [6.45, 7) is 6.08. The SMILES string of the molecule is Cc1ccc(/C=C(\C=O)C(C)C)cc1Br. The third-order valence-electron chi connectivity index (χ3n) is 2.33. The van der Waals surface area contributed by atoms with Crippen LogP contribution < -0.4 is 0 Å². The van der Waals surface area contributed by atoms with Gasteiger partial charge in [0.05, 0.1) is 0 Å². The average molecular weight is 267 g/mol. The van der Waals surface area contributed by atoms with Crippen molar-refractivity contribution in [2.24, 2.45) is 5.92 Å². The van der Waals surface area contributed by atoms with Gasteiger partial charge in [-0.2, -0.15) is 0 Å². The Bertz CT molecular complexity index is 392.